The Bertz CT molecular complexity index is 511. The number of rotatable bonds is 2. The molecule has 0 bridgehead atoms. The third-order valence-electron chi connectivity index (χ3n) is 2.48. The fraction of sp³-hybridized carbons (Fsp3) is 0.154. The molecule has 0 spiro atoms. The van der Waals surface area contributed by atoms with Crippen molar-refractivity contribution >= 4 is 0 Å². The second-order valence-electron chi connectivity index (χ2n) is 3.61. The van der Waals surface area contributed by atoms with Gasteiger partial charge in [-0.25, -0.2) is 4.98 Å². The first-order valence-electron chi connectivity index (χ1n) is 5.02. The monoisotopic (exact) mass is 217 g/mol. The molecule has 0 saturated heterocycles. The number of ether oxygens (including phenoxy) is 1. The van der Waals surface area contributed by atoms with E-state index in [1.54, 1.807) is 6.07 Å². The van der Waals surface area contributed by atoms with Crippen molar-refractivity contribution in [2.75, 3.05) is 0 Å². The Balaban J connectivity index is 2.31. The minimum atomic E-state index is -0.539. The first-order valence-corrected chi connectivity index (χ1v) is 5.02. The third-order valence-corrected chi connectivity index (χ3v) is 2.48. The summed E-state index contributed by atoms with van der Waals surface area (Å²) in [5, 5.41) is 0. The summed E-state index contributed by atoms with van der Waals surface area (Å²) in [6.07, 6.45) is 1.38. The molecule has 2 aromatic rings. The maximum Gasteiger partial charge on any atom is 0.216 e. The summed E-state index contributed by atoms with van der Waals surface area (Å²) in [4.78, 5) is 3.47. The van der Waals surface area contributed by atoms with E-state index in [1.165, 1.54) is 12.3 Å². The van der Waals surface area contributed by atoms with Crippen LogP contribution >= 0.6 is 0 Å². The van der Waals surface area contributed by atoms with Gasteiger partial charge in [-0.3, -0.25) is 0 Å². The first kappa shape index (κ1) is 10.6. The number of hydrogen-bond acceptors (Lipinski definition) is 2. The van der Waals surface area contributed by atoms with Gasteiger partial charge >= 0.3 is 0 Å². The lowest BCUT2D eigenvalue weighted by molar-refractivity contribution is 0.468. The summed E-state index contributed by atoms with van der Waals surface area (Å²) < 4.78 is 18.4. The van der Waals surface area contributed by atoms with Gasteiger partial charge in [-0.2, -0.15) is 4.39 Å². The molecule has 0 aliphatic heterocycles. The van der Waals surface area contributed by atoms with Gasteiger partial charge < -0.3 is 4.74 Å². The predicted octanol–water partition coefficient (Wildman–Crippen LogP) is 3.63. The lowest BCUT2D eigenvalue weighted by Gasteiger charge is -2.09. The van der Waals surface area contributed by atoms with Crippen molar-refractivity contribution < 1.29 is 9.13 Å². The molecule has 0 atom stereocenters. The summed E-state index contributed by atoms with van der Waals surface area (Å²) in [7, 11) is 0. The van der Waals surface area contributed by atoms with Crippen molar-refractivity contribution in [3.05, 3.63) is 53.6 Å². The summed E-state index contributed by atoms with van der Waals surface area (Å²) in [6.45, 7) is 3.98. The quantitative estimate of drug-likeness (QED) is 0.716. The van der Waals surface area contributed by atoms with Gasteiger partial charge in [0.05, 0.1) is 0 Å². The van der Waals surface area contributed by atoms with Crippen LogP contribution in [-0.2, 0) is 0 Å². The highest BCUT2D eigenvalue weighted by atomic mass is 19.1. The minimum Gasteiger partial charge on any atom is -0.457 e. The van der Waals surface area contributed by atoms with Crippen molar-refractivity contribution in [2.45, 2.75) is 13.8 Å². The topological polar surface area (TPSA) is 22.1 Å². The van der Waals surface area contributed by atoms with E-state index in [0.29, 0.717) is 5.75 Å². The maximum absolute atomic E-state index is 12.9. The molecule has 1 aromatic carbocycles. The van der Waals surface area contributed by atoms with E-state index in [2.05, 4.69) is 4.98 Å². The molecule has 82 valence electrons. The SMILES string of the molecule is Cc1cccc(Oc2ccnc(F)c2)c1C. The molecule has 0 amide bonds. The van der Waals surface area contributed by atoms with Crippen LogP contribution in [0.3, 0.4) is 0 Å². The zero-order valence-corrected chi connectivity index (χ0v) is 9.20. The van der Waals surface area contributed by atoms with Gasteiger partial charge in [0.15, 0.2) is 0 Å². The lowest BCUT2D eigenvalue weighted by atomic mass is 10.1. The van der Waals surface area contributed by atoms with Crippen LogP contribution < -0.4 is 4.74 Å². The van der Waals surface area contributed by atoms with Crippen molar-refractivity contribution in [1.82, 2.24) is 4.98 Å². The van der Waals surface area contributed by atoms with E-state index in [0.717, 1.165) is 16.9 Å². The van der Waals surface area contributed by atoms with Gasteiger partial charge in [-0.1, -0.05) is 12.1 Å². The van der Waals surface area contributed by atoms with Gasteiger partial charge in [0, 0.05) is 12.3 Å². The summed E-state index contributed by atoms with van der Waals surface area (Å²) in [5.74, 6) is 0.662. The molecule has 1 aromatic heterocycles. The van der Waals surface area contributed by atoms with Crippen LogP contribution in [0.15, 0.2) is 36.5 Å². The van der Waals surface area contributed by atoms with Gasteiger partial charge in [0.1, 0.15) is 11.5 Å². The van der Waals surface area contributed by atoms with E-state index in [4.69, 9.17) is 4.74 Å². The molecule has 3 heteroatoms. The average molecular weight is 217 g/mol. The molecular formula is C13H12FNO. The van der Waals surface area contributed by atoms with E-state index in [-0.39, 0.29) is 0 Å². The Hall–Kier alpha value is -1.90. The predicted molar refractivity (Wildman–Crippen MR) is 60.2 cm³/mol. The Morgan fingerprint density at radius 2 is 2.00 bits per heavy atom. The highest BCUT2D eigenvalue weighted by Crippen LogP contribution is 2.26. The number of pyridine rings is 1. The Morgan fingerprint density at radius 3 is 2.75 bits per heavy atom. The first-order chi connectivity index (χ1) is 7.66. The molecule has 0 radical (unpaired) electrons. The number of benzene rings is 1. The highest BCUT2D eigenvalue weighted by molar-refractivity contribution is 5.41. The van der Waals surface area contributed by atoms with Gasteiger partial charge in [0.2, 0.25) is 5.95 Å². The minimum absolute atomic E-state index is 0.459. The fourth-order valence-electron chi connectivity index (χ4n) is 1.41. The largest absolute Gasteiger partial charge is 0.457 e. The Kier molecular flexibility index (Phi) is 2.86. The molecule has 0 saturated carbocycles. The summed E-state index contributed by atoms with van der Waals surface area (Å²) in [6, 6.07) is 8.68. The van der Waals surface area contributed by atoms with Gasteiger partial charge in [-0.15, -0.1) is 0 Å². The van der Waals surface area contributed by atoms with Gasteiger partial charge in [0.25, 0.3) is 0 Å². The van der Waals surface area contributed by atoms with Crippen molar-refractivity contribution in [1.29, 1.82) is 0 Å². The lowest BCUT2D eigenvalue weighted by Crippen LogP contribution is -1.91. The molecule has 0 aliphatic carbocycles. The molecule has 2 nitrogen and oxygen atoms in total. The summed E-state index contributed by atoms with van der Waals surface area (Å²) in [5.41, 5.74) is 2.20. The number of halogens is 1. The zero-order chi connectivity index (χ0) is 11.5. The van der Waals surface area contributed by atoms with Crippen molar-refractivity contribution in [3.63, 3.8) is 0 Å². The second kappa shape index (κ2) is 4.31. The number of nitrogens with zero attached hydrogens (tertiary/aromatic N) is 1. The molecule has 2 rings (SSSR count). The standard InChI is InChI=1S/C13H12FNO/c1-9-4-3-5-12(10(9)2)16-11-6-7-15-13(14)8-11/h3-8H,1-2H3. The molecule has 0 unspecified atom stereocenters. The third kappa shape index (κ3) is 2.19. The Morgan fingerprint density at radius 1 is 1.19 bits per heavy atom. The van der Waals surface area contributed by atoms with E-state index >= 15 is 0 Å². The number of hydrogen-bond donors (Lipinski definition) is 0. The zero-order valence-electron chi connectivity index (χ0n) is 9.20. The molecule has 0 fully saturated rings. The molecule has 16 heavy (non-hydrogen) atoms. The van der Waals surface area contributed by atoms with E-state index in [1.807, 2.05) is 32.0 Å². The normalized spacial score (nSPS) is 10.2. The van der Waals surface area contributed by atoms with Crippen LogP contribution in [0.1, 0.15) is 11.1 Å². The van der Waals surface area contributed by atoms with E-state index < -0.39 is 5.95 Å². The second-order valence-corrected chi connectivity index (χ2v) is 3.61. The number of aromatic nitrogens is 1. The molecule has 0 aliphatic rings. The van der Waals surface area contributed by atoms with Crippen LogP contribution in [0.5, 0.6) is 11.5 Å². The van der Waals surface area contributed by atoms with Gasteiger partial charge in [-0.05, 0) is 37.1 Å². The van der Waals surface area contributed by atoms with Crippen LogP contribution in [-0.4, -0.2) is 4.98 Å². The average Bonchev–Trinajstić information content (AvgIpc) is 2.25. The van der Waals surface area contributed by atoms with Crippen molar-refractivity contribution in [3.8, 4) is 11.5 Å². The van der Waals surface area contributed by atoms with Crippen LogP contribution in [0.2, 0.25) is 0 Å². The molecule has 0 N–H and O–H groups in total. The molecule has 1 heterocycles. The number of aryl methyl sites for hydroxylation is 1. The Labute approximate surface area is 93.7 Å². The molecular weight excluding hydrogens is 205 g/mol. The van der Waals surface area contributed by atoms with E-state index in [9.17, 15) is 4.39 Å². The van der Waals surface area contributed by atoms with Crippen LogP contribution in [0, 0.1) is 19.8 Å². The smallest absolute Gasteiger partial charge is 0.216 e. The van der Waals surface area contributed by atoms with Crippen LogP contribution in [0.25, 0.3) is 0 Å². The highest BCUT2D eigenvalue weighted by Gasteiger charge is 2.04. The summed E-state index contributed by atoms with van der Waals surface area (Å²) >= 11 is 0. The fourth-order valence-corrected chi connectivity index (χ4v) is 1.41. The van der Waals surface area contributed by atoms with Crippen molar-refractivity contribution in [2.24, 2.45) is 0 Å². The van der Waals surface area contributed by atoms with Crippen LogP contribution in [0.4, 0.5) is 4.39 Å². The maximum atomic E-state index is 12.9.